The lowest BCUT2D eigenvalue weighted by molar-refractivity contribution is -0.144. The van der Waals surface area contributed by atoms with Crippen LogP contribution in [0, 0.1) is 0 Å². The molecule has 0 aromatic carbocycles. The molecular weight excluding hydrogens is 264 g/mol. The van der Waals surface area contributed by atoms with Gasteiger partial charge in [0.15, 0.2) is 0 Å². The highest BCUT2D eigenvalue weighted by atomic mass is 32.2. The number of hydrogen-bond donors (Lipinski definition) is 2. The number of rotatable bonds is 8. The standard InChI is InChI=1S/C13H26N2O3S/c1-6-8-13(3,11(16)17)14-12(18)15(4)10(7-2)9-19-5/h10H,6-9H2,1-5H3,(H,14,18)(H,16,17). The summed E-state index contributed by atoms with van der Waals surface area (Å²) in [6.45, 7) is 5.48. The maximum absolute atomic E-state index is 12.2. The van der Waals surface area contributed by atoms with Crippen molar-refractivity contribution in [3.8, 4) is 0 Å². The number of carboxylic acids is 1. The van der Waals surface area contributed by atoms with Crippen LogP contribution in [0.2, 0.25) is 0 Å². The van der Waals surface area contributed by atoms with Crippen molar-refractivity contribution in [2.75, 3.05) is 19.1 Å². The summed E-state index contributed by atoms with van der Waals surface area (Å²) in [5.74, 6) is -0.146. The summed E-state index contributed by atoms with van der Waals surface area (Å²) in [5.41, 5.74) is -1.20. The van der Waals surface area contributed by atoms with E-state index >= 15 is 0 Å². The van der Waals surface area contributed by atoms with Crippen LogP contribution in [0.4, 0.5) is 4.79 Å². The zero-order chi connectivity index (χ0) is 15.1. The third-order valence-corrected chi connectivity index (χ3v) is 4.02. The first-order chi connectivity index (χ1) is 8.82. The van der Waals surface area contributed by atoms with Crippen LogP contribution < -0.4 is 5.32 Å². The van der Waals surface area contributed by atoms with Crippen molar-refractivity contribution in [3.05, 3.63) is 0 Å². The van der Waals surface area contributed by atoms with Crippen LogP contribution in [0.5, 0.6) is 0 Å². The summed E-state index contributed by atoms with van der Waals surface area (Å²) < 4.78 is 0. The number of hydrogen-bond acceptors (Lipinski definition) is 3. The van der Waals surface area contributed by atoms with Crippen molar-refractivity contribution in [2.45, 2.75) is 51.6 Å². The summed E-state index contributed by atoms with van der Waals surface area (Å²) in [5, 5.41) is 11.9. The topological polar surface area (TPSA) is 69.6 Å². The fourth-order valence-electron chi connectivity index (χ4n) is 1.91. The molecule has 2 amide bonds. The Morgan fingerprint density at radius 1 is 1.42 bits per heavy atom. The number of carbonyl (C=O) groups is 2. The summed E-state index contributed by atoms with van der Waals surface area (Å²) in [4.78, 5) is 25.1. The molecule has 112 valence electrons. The average Bonchev–Trinajstić information content (AvgIpc) is 2.35. The van der Waals surface area contributed by atoms with Crippen molar-refractivity contribution >= 4 is 23.8 Å². The molecule has 5 nitrogen and oxygen atoms in total. The van der Waals surface area contributed by atoms with Crippen LogP contribution in [-0.4, -0.2) is 52.6 Å². The highest BCUT2D eigenvalue weighted by molar-refractivity contribution is 7.98. The minimum absolute atomic E-state index is 0.120. The Kier molecular flexibility index (Phi) is 7.90. The Morgan fingerprint density at radius 2 is 2.00 bits per heavy atom. The summed E-state index contributed by atoms with van der Waals surface area (Å²) in [6, 6.07) is -0.200. The van der Waals surface area contributed by atoms with Crippen molar-refractivity contribution < 1.29 is 14.7 Å². The van der Waals surface area contributed by atoms with Gasteiger partial charge in [-0.15, -0.1) is 0 Å². The first kappa shape index (κ1) is 18.1. The number of urea groups is 1. The van der Waals surface area contributed by atoms with Gasteiger partial charge in [-0.1, -0.05) is 20.3 Å². The number of aliphatic carboxylic acids is 1. The number of carbonyl (C=O) groups excluding carboxylic acids is 1. The smallest absolute Gasteiger partial charge is 0.329 e. The molecule has 6 heteroatoms. The zero-order valence-corrected chi connectivity index (χ0v) is 13.3. The third kappa shape index (κ3) is 5.30. The van der Waals surface area contributed by atoms with Crippen molar-refractivity contribution in [1.29, 1.82) is 0 Å². The molecule has 0 rings (SSSR count). The lowest BCUT2D eigenvalue weighted by Crippen LogP contribution is -2.57. The van der Waals surface area contributed by atoms with Crippen LogP contribution in [0.25, 0.3) is 0 Å². The molecule has 2 unspecified atom stereocenters. The SMILES string of the molecule is CCCC(C)(NC(=O)N(C)C(CC)CSC)C(=O)O. The van der Waals surface area contributed by atoms with E-state index in [0.29, 0.717) is 12.8 Å². The van der Waals surface area contributed by atoms with Gasteiger partial charge < -0.3 is 15.3 Å². The van der Waals surface area contributed by atoms with Crippen LogP contribution in [0.1, 0.15) is 40.0 Å². The van der Waals surface area contributed by atoms with E-state index < -0.39 is 11.5 Å². The predicted octanol–water partition coefficient (Wildman–Crippen LogP) is 2.41. The molecule has 0 aromatic rings. The molecule has 0 heterocycles. The van der Waals surface area contributed by atoms with Gasteiger partial charge in [0.05, 0.1) is 0 Å². The van der Waals surface area contributed by atoms with Gasteiger partial charge in [0.25, 0.3) is 0 Å². The van der Waals surface area contributed by atoms with Gasteiger partial charge in [0, 0.05) is 18.8 Å². The third-order valence-electron chi connectivity index (χ3n) is 3.30. The summed E-state index contributed by atoms with van der Waals surface area (Å²) in [6.07, 6.45) is 3.96. The highest BCUT2D eigenvalue weighted by Crippen LogP contribution is 2.15. The summed E-state index contributed by atoms with van der Waals surface area (Å²) >= 11 is 1.68. The van der Waals surface area contributed by atoms with Crippen molar-refractivity contribution in [3.63, 3.8) is 0 Å². The minimum Gasteiger partial charge on any atom is -0.480 e. The maximum atomic E-state index is 12.2. The first-order valence-corrected chi connectivity index (χ1v) is 7.99. The minimum atomic E-state index is -1.20. The molecule has 0 aromatic heterocycles. The highest BCUT2D eigenvalue weighted by Gasteiger charge is 2.35. The van der Waals surface area contributed by atoms with E-state index in [1.54, 1.807) is 30.6 Å². The number of nitrogens with one attached hydrogen (secondary N) is 1. The second-order valence-electron chi connectivity index (χ2n) is 4.95. The molecule has 0 aliphatic carbocycles. The normalized spacial score (nSPS) is 15.4. The molecule has 0 saturated carbocycles. The maximum Gasteiger partial charge on any atom is 0.329 e. The number of nitrogens with zero attached hydrogens (tertiary/aromatic N) is 1. The first-order valence-electron chi connectivity index (χ1n) is 6.59. The summed E-state index contributed by atoms with van der Waals surface area (Å²) in [7, 11) is 1.72. The largest absolute Gasteiger partial charge is 0.480 e. The van der Waals surface area contributed by atoms with E-state index in [-0.39, 0.29) is 12.1 Å². The van der Waals surface area contributed by atoms with E-state index in [1.165, 1.54) is 0 Å². The van der Waals surface area contributed by atoms with Crippen LogP contribution in [-0.2, 0) is 4.79 Å². The molecule has 0 bridgehead atoms. The Morgan fingerprint density at radius 3 is 2.37 bits per heavy atom. The monoisotopic (exact) mass is 290 g/mol. The van der Waals surface area contributed by atoms with Gasteiger partial charge in [-0.2, -0.15) is 11.8 Å². The Labute approximate surface area is 120 Å². The Hall–Kier alpha value is -0.910. The molecular formula is C13H26N2O3S. The molecule has 0 aliphatic rings. The van der Waals surface area contributed by atoms with E-state index in [2.05, 4.69) is 5.32 Å². The molecule has 0 spiro atoms. The number of amides is 2. The van der Waals surface area contributed by atoms with E-state index in [1.807, 2.05) is 20.1 Å². The number of thioether (sulfide) groups is 1. The average molecular weight is 290 g/mol. The Bertz CT molecular complexity index is 312. The lowest BCUT2D eigenvalue weighted by Gasteiger charge is -2.32. The van der Waals surface area contributed by atoms with Crippen molar-refractivity contribution in [1.82, 2.24) is 10.2 Å². The van der Waals surface area contributed by atoms with Gasteiger partial charge in [-0.25, -0.2) is 9.59 Å². The van der Waals surface area contributed by atoms with Gasteiger partial charge >= 0.3 is 12.0 Å². The van der Waals surface area contributed by atoms with Crippen LogP contribution in [0.3, 0.4) is 0 Å². The van der Waals surface area contributed by atoms with E-state index in [9.17, 15) is 14.7 Å². The van der Waals surface area contributed by atoms with Gasteiger partial charge in [0.1, 0.15) is 5.54 Å². The van der Waals surface area contributed by atoms with E-state index in [0.717, 1.165) is 12.2 Å². The molecule has 2 atom stereocenters. The lowest BCUT2D eigenvalue weighted by atomic mass is 9.96. The van der Waals surface area contributed by atoms with Crippen LogP contribution >= 0.6 is 11.8 Å². The zero-order valence-electron chi connectivity index (χ0n) is 12.5. The second kappa shape index (κ2) is 8.30. The van der Waals surface area contributed by atoms with E-state index in [4.69, 9.17) is 0 Å². The quantitative estimate of drug-likeness (QED) is 0.720. The van der Waals surface area contributed by atoms with Gasteiger partial charge in [-0.05, 0) is 26.0 Å². The molecule has 0 radical (unpaired) electrons. The predicted molar refractivity (Wildman–Crippen MR) is 79.7 cm³/mol. The van der Waals surface area contributed by atoms with Crippen molar-refractivity contribution in [2.24, 2.45) is 0 Å². The molecule has 2 N–H and O–H groups in total. The van der Waals surface area contributed by atoms with Crippen LogP contribution in [0.15, 0.2) is 0 Å². The molecule has 0 fully saturated rings. The Balaban J connectivity index is 4.76. The fourth-order valence-corrected chi connectivity index (χ4v) is 2.75. The molecule has 0 aliphatic heterocycles. The van der Waals surface area contributed by atoms with Gasteiger partial charge in [0.2, 0.25) is 0 Å². The van der Waals surface area contributed by atoms with Gasteiger partial charge in [-0.3, -0.25) is 0 Å². The second-order valence-corrected chi connectivity index (χ2v) is 5.86. The molecule has 19 heavy (non-hydrogen) atoms. The fraction of sp³-hybridized carbons (Fsp3) is 0.846. The number of carboxylic acid groups (broad SMARTS) is 1. The molecule has 0 saturated heterocycles.